The molecule has 0 aromatic rings. The fourth-order valence-electron chi connectivity index (χ4n) is 2.94. The Morgan fingerprint density at radius 1 is 0.962 bits per heavy atom. The van der Waals surface area contributed by atoms with Crippen LogP contribution in [-0.4, -0.2) is 30.7 Å². The second-order valence-electron chi connectivity index (χ2n) is 6.84. The van der Waals surface area contributed by atoms with Crippen LogP contribution >= 0.6 is 0 Å². The van der Waals surface area contributed by atoms with Gasteiger partial charge in [-0.3, -0.25) is 9.35 Å². The summed E-state index contributed by atoms with van der Waals surface area (Å²) in [5, 5.41) is 2.57. The first kappa shape index (κ1) is 27.3. The molecule has 0 bridgehead atoms. The highest BCUT2D eigenvalue weighted by Crippen LogP contribution is 2.13. The maximum atomic E-state index is 11.3. The topological polar surface area (TPSA) is 118 Å². The lowest BCUT2D eigenvalue weighted by atomic mass is 10.0. The number of unbranched alkanes of at least 4 members (excludes halogenated alkanes) is 11. The van der Waals surface area contributed by atoms with Gasteiger partial charge in [0.15, 0.2) is 0 Å². The fraction of sp³-hybridized carbons (Fsp3) is 0.842. The minimum Gasteiger partial charge on any atom is -0.349 e. The molecule has 1 atom stereocenters. The van der Waals surface area contributed by atoms with E-state index in [1.54, 1.807) is 0 Å². The Bertz CT molecular complexity index is 452. The third-order valence-corrected chi connectivity index (χ3v) is 5.17. The zero-order valence-electron chi connectivity index (χ0n) is 16.5. The molecule has 1 amide bonds. The predicted molar refractivity (Wildman–Crippen MR) is 109 cm³/mol. The number of hydrogen-bond donors (Lipinski definition) is 3. The summed E-state index contributed by atoms with van der Waals surface area (Å²) in [4.78, 5) is 11.3. The zero-order chi connectivity index (χ0) is 19.0. The second kappa shape index (κ2) is 17.5. The molecular formula is C19H40N2O4S. The fourth-order valence-corrected chi connectivity index (χ4v) is 3.70. The highest BCUT2D eigenvalue weighted by atomic mass is 32.2. The summed E-state index contributed by atoms with van der Waals surface area (Å²) in [7, 11) is -4.09. The van der Waals surface area contributed by atoms with E-state index in [0.29, 0.717) is 6.42 Å². The molecule has 1 unspecified atom stereocenters. The lowest BCUT2D eigenvalue weighted by Crippen LogP contribution is -2.38. The molecular weight excluding hydrogens is 352 g/mol. The van der Waals surface area contributed by atoms with E-state index in [0.717, 1.165) is 25.3 Å². The van der Waals surface area contributed by atoms with Crippen LogP contribution in [0.5, 0.6) is 0 Å². The van der Waals surface area contributed by atoms with Crippen molar-refractivity contribution in [2.75, 3.05) is 5.75 Å². The highest BCUT2D eigenvalue weighted by molar-refractivity contribution is 7.85. The average molecular weight is 393 g/mol. The van der Waals surface area contributed by atoms with E-state index in [1.165, 1.54) is 57.8 Å². The van der Waals surface area contributed by atoms with Gasteiger partial charge in [-0.2, -0.15) is 8.42 Å². The van der Waals surface area contributed by atoms with Crippen molar-refractivity contribution in [3.63, 3.8) is 0 Å². The van der Waals surface area contributed by atoms with Crippen molar-refractivity contribution in [2.24, 2.45) is 0 Å². The molecule has 0 rings (SSSR count). The lowest BCUT2D eigenvalue weighted by molar-refractivity contribution is -0.117. The summed E-state index contributed by atoms with van der Waals surface area (Å²) in [5.41, 5.74) is 0. The molecule has 156 valence electrons. The third-order valence-electron chi connectivity index (χ3n) is 4.35. The minimum absolute atomic E-state index is 0. The van der Waals surface area contributed by atoms with E-state index >= 15 is 0 Å². The number of nitrogens with one attached hydrogen (secondary N) is 1. The Hall–Kier alpha value is -0.920. The van der Waals surface area contributed by atoms with Gasteiger partial charge in [0.1, 0.15) is 0 Å². The molecule has 0 radical (unpaired) electrons. The third kappa shape index (κ3) is 19.4. The lowest BCUT2D eigenvalue weighted by Gasteiger charge is -2.16. The Morgan fingerprint density at radius 3 is 1.77 bits per heavy atom. The van der Waals surface area contributed by atoms with Crippen LogP contribution in [0.2, 0.25) is 0 Å². The summed E-state index contributed by atoms with van der Waals surface area (Å²) in [6, 6.07) is -0.552. The summed E-state index contributed by atoms with van der Waals surface area (Å²) in [5.74, 6) is -0.850. The SMILES string of the molecule is C=CC(=O)NC(CCCCCCCCCCCCCC)CS(=O)(=O)O.N. The van der Waals surface area contributed by atoms with Crippen LogP contribution in [-0.2, 0) is 14.9 Å². The number of rotatable bonds is 17. The van der Waals surface area contributed by atoms with Crippen molar-refractivity contribution >= 4 is 16.0 Å². The maximum absolute atomic E-state index is 11.3. The molecule has 7 heteroatoms. The average Bonchev–Trinajstić information content (AvgIpc) is 2.54. The van der Waals surface area contributed by atoms with Crippen molar-refractivity contribution in [1.82, 2.24) is 11.5 Å². The van der Waals surface area contributed by atoms with E-state index in [4.69, 9.17) is 4.55 Å². The zero-order valence-corrected chi connectivity index (χ0v) is 17.4. The number of carbonyl (C=O) groups is 1. The van der Waals surface area contributed by atoms with Crippen molar-refractivity contribution in [2.45, 2.75) is 96.4 Å². The van der Waals surface area contributed by atoms with Gasteiger partial charge in [0.05, 0.1) is 5.75 Å². The van der Waals surface area contributed by atoms with Gasteiger partial charge in [0.25, 0.3) is 10.1 Å². The molecule has 6 nitrogen and oxygen atoms in total. The molecule has 0 aliphatic heterocycles. The van der Waals surface area contributed by atoms with Crippen LogP contribution in [0.1, 0.15) is 90.4 Å². The summed E-state index contributed by atoms with van der Waals surface area (Å²) in [6.07, 6.45) is 16.5. The molecule has 5 N–H and O–H groups in total. The molecule has 0 fully saturated rings. The smallest absolute Gasteiger partial charge is 0.266 e. The van der Waals surface area contributed by atoms with E-state index in [9.17, 15) is 13.2 Å². The molecule has 0 spiro atoms. The van der Waals surface area contributed by atoms with Crippen molar-refractivity contribution < 1.29 is 17.8 Å². The van der Waals surface area contributed by atoms with Gasteiger partial charge in [-0.05, 0) is 12.5 Å². The van der Waals surface area contributed by atoms with Crippen LogP contribution in [0.25, 0.3) is 0 Å². The standard InChI is InChI=1S/C19H37NO4S.H3N/c1-3-5-6-7-8-9-10-11-12-13-14-15-16-18(17-25(22,23)24)20-19(21)4-2;/h4,18H,2-3,5-17H2,1H3,(H,20,21)(H,22,23,24);1H3. The van der Waals surface area contributed by atoms with Crippen LogP contribution in [0.4, 0.5) is 0 Å². The van der Waals surface area contributed by atoms with Gasteiger partial charge in [-0.1, -0.05) is 90.6 Å². The maximum Gasteiger partial charge on any atom is 0.266 e. The summed E-state index contributed by atoms with van der Waals surface area (Å²) >= 11 is 0. The summed E-state index contributed by atoms with van der Waals surface area (Å²) in [6.45, 7) is 5.59. The molecule has 0 aromatic heterocycles. The number of carbonyl (C=O) groups excluding carboxylic acids is 1. The van der Waals surface area contributed by atoms with Gasteiger partial charge in [0, 0.05) is 6.04 Å². The molecule has 0 heterocycles. The van der Waals surface area contributed by atoms with E-state index in [-0.39, 0.29) is 6.15 Å². The molecule has 0 aliphatic carbocycles. The normalized spacial score (nSPS) is 12.2. The van der Waals surface area contributed by atoms with Crippen LogP contribution in [0, 0.1) is 0 Å². The molecule has 0 saturated carbocycles. The Balaban J connectivity index is 0. The van der Waals surface area contributed by atoms with Gasteiger partial charge in [-0.25, -0.2) is 0 Å². The van der Waals surface area contributed by atoms with Gasteiger partial charge >= 0.3 is 0 Å². The van der Waals surface area contributed by atoms with Crippen molar-refractivity contribution in [3.05, 3.63) is 12.7 Å². The van der Waals surface area contributed by atoms with E-state index in [1.807, 2.05) is 0 Å². The molecule has 26 heavy (non-hydrogen) atoms. The van der Waals surface area contributed by atoms with Gasteiger partial charge in [-0.15, -0.1) is 0 Å². The monoisotopic (exact) mass is 392 g/mol. The second-order valence-corrected chi connectivity index (χ2v) is 8.33. The van der Waals surface area contributed by atoms with Crippen LogP contribution in [0.3, 0.4) is 0 Å². The Kier molecular flexibility index (Phi) is 18.4. The van der Waals surface area contributed by atoms with Gasteiger partial charge < -0.3 is 11.5 Å². The number of hydrogen-bond acceptors (Lipinski definition) is 4. The first-order valence-electron chi connectivity index (χ1n) is 9.77. The first-order valence-corrected chi connectivity index (χ1v) is 11.4. The van der Waals surface area contributed by atoms with E-state index in [2.05, 4.69) is 18.8 Å². The molecule has 0 aliphatic rings. The van der Waals surface area contributed by atoms with Crippen LogP contribution in [0.15, 0.2) is 12.7 Å². The quantitative estimate of drug-likeness (QED) is 0.187. The van der Waals surface area contributed by atoms with Gasteiger partial charge in [0.2, 0.25) is 5.91 Å². The Labute approximate surface area is 160 Å². The largest absolute Gasteiger partial charge is 0.349 e. The van der Waals surface area contributed by atoms with Crippen LogP contribution < -0.4 is 11.5 Å². The molecule has 0 aromatic carbocycles. The summed E-state index contributed by atoms with van der Waals surface area (Å²) < 4.78 is 31.0. The highest BCUT2D eigenvalue weighted by Gasteiger charge is 2.17. The molecule has 0 saturated heterocycles. The Morgan fingerprint density at radius 2 is 1.38 bits per heavy atom. The predicted octanol–water partition coefficient (Wildman–Crippen LogP) is 4.80. The van der Waals surface area contributed by atoms with Crippen molar-refractivity contribution in [3.8, 4) is 0 Å². The number of amides is 1. The minimum atomic E-state index is -4.09. The first-order chi connectivity index (χ1) is 11.9. The van der Waals surface area contributed by atoms with E-state index < -0.39 is 27.8 Å². The van der Waals surface area contributed by atoms with Crippen molar-refractivity contribution in [1.29, 1.82) is 0 Å².